The standard InChI is InChI=1S/C15H10N4O/c20-15-12(11-2-1-5-16-14(11)18-15)6-9-3-4-10-8-17-19-13(10)7-9/h1-8,20H,(H,16,18)/b9-6-. The highest BCUT2D eigenvalue weighted by molar-refractivity contribution is 5.89. The third kappa shape index (κ3) is 1.60. The Morgan fingerprint density at radius 1 is 1.20 bits per heavy atom. The summed E-state index contributed by atoms with van der Waals surface area (Å²) in [5.74, 6) is 0.118. The van der Waals surface area contributed by atoms with Gasteiger partial charge in [-0.25, -0.2) is 4.98 Å². The lowest BCUT2D eigenvalue weighted by molar-refractivity contribution is 0.457. The number of nitrogens with zero attached hydrogens (tertiary/aromatic N) is 3. The van der Waals surface area contributed by atoms with Gasteiger partial charge in [-0.05, 0) is 29.5 Å². The van der Waals surface area contributed by atoms with Crippen molar-refractivity contribution in [2.24, 2.45) is 10.2 Å². The number of aromatic nitrogens is 2. The smallest absolute Gasteiger partial charge is 0.198 e. The fourth-order valence-corrected chi connectivity index (χ4v) is 2.34. The van der Waals surface area contributed by atoms with Crippen molar-refractivity contribution >= 4 is 29.0 Å². The van der Waals surface area contributed by atoms with Crippen molar-refractivity contribution in [3.05, 3.63) is 52.5 Å². The minimum Gasteiger partial charge on any atom is -0.494 e. The van der Waals surface area contributed by atoms with Gasteiger partial charge in [0.1, 0.15) is 5.65 Å². The number of aromatic amines is 1. The molecule has 0 bridgehead atoms. The van der Waals surface area contributed by atoms with E-state index in [-0.39, 0.29) is 5.88 Å². The fourth-order valence-electron chi connectivity index (χ4n) is 2.34. The molecule has 3 heterocycles. The molecule has 1 aliphatic heterocycles. The van der Waals surface area contributed by atoms with Crippen molar-refractivity contribution in [2.45, 2.75) is 0 Å². The van der Waals surface area contributed by atoms with Gasteiger partial charge in [-0.3, -0.25) is 0 Å². The van der Waals surface area contributed by atoms with E-state index >= 15 is 0 Å². The van der Waals surface area contributed by atoms with Crippen molar-refractivity contribution < 1.29 is 5.11 Å². The van der Waals surface area contributed by atoms with Crippen molar-refractivity contribution in [3.8, 4) is 5.88 Å². The zero-order valence-corrected chi connectivity index (χ0v) is 10.4. The van der Waals surface area contributed by atoms with Gasteiger partial charge in [-0.2, -0.15) is 10.2 Å². The second-order valence-corrected chi connectivity index (χ2v) is 4.59. The molecule has 0 unspecified atom stereocenters. The fraction of sp³-hybridized carbons (Fsp3) is 0. The number of benzene rings is 1. The molecule has 1 aromatic carbocycles. The van der Waals surface area contributed by atoms with Gasteiger partial charge in [0.2, 0.25) is 0 Å². The molecule has 96 valence electrons. The zero-order valence-electron chi connectivity index (χ0n) is 10.4. The SMILES string of the molecule is Oc1[nH]c2ncccc2c1/C=c1/ccc2c(c1)N=NC=2. The van der Waals surface area contributed by atoms with E-state index in [4.69, 9.17) is 0 Å². The van der Waals surface area contributed by atoms with Crippen LogP contribution in [0.4, 0.5) is 5.69 Å². The maximum Gasteiger partial charge on any atom is 0.198 e. The molecule has 0 aliphatic carbocycles. The number of fused-ring (bicyclic) bond motifs is 2. The molecule has 0 fully saturated rings. The Kier molecular flexibility index (Phi) is 2.20. The van der Waals surface area contributed by atoms with Crippen molar-refractivity contribution in [1.82, 2.24) is 9.97 Å². The first-order valence-corrected chi connectivity index (χ1v) is 6.20. The molecule has 20 heavy (non-hydrogen) atoms. The Balaban J connectivity index is 1.97. The Morgan fingerprint density at radius 3 is 3.10 bits per heavy atom. The molecule has 3 aromatic rings. The van der Waals surface area contributed by atoms with Crippen LogP contribution in [0.1, 0.15) is 5.56 Å². The topological polar surface area (TPSA) is 73.6 Å². The molecule has 2 N–H and O–H groups in total. The third-order valence-electron chi connectivity index (χ3n) is 3.32. The van der Waals surface area contributed by atoms with Crippen LogP contribution in [0.15, 0.2) is 46.8 Å². The quantitative estimate of drug-likeness (QED) is 0.703. The van der Waals surface area contributed by atoms with Crippen LogP contribution < -0.4 is 10.4 Å². The molecule has 4 rings (SSSR count). The summed E-state index contributed by atoms with van der Waals surface area (Å²) in [6, 6.07) is 9.65. The summed E-state index contributed by atoms with van der Waals surface area (Å²) in [5.41, 5.74) is 2.24. The first-order chi connectivity index (χ1) is 9.81. The molecule has 2 aromatic heterocycles. The number of hydrogen-bond acceptors (Lipinski definition) is 4. The highest BCUT2D eigenvalue weighted by atomic mass is 16.3. The van der Waals surface area contributed by atoms with Crippen LogP contribution in [0.2, 0.25) is 0 Å². The normalized spacial score (nSPS) is 13.7. The Morgan fingerprint density at radius 2 is 2.15 bits per heavy atom. The van der Waals surface area contributed by atoms with Gasteiger partial charge in [0.15, 0.2) is 5.88 Å². The van der Waals surface area contributed by atoms with E-state index in [2.05, 4.69) is 20.2 Å². The van der Waals surface area contributed by atoms with Crippen LogP contribution in [0.5, 0.6) is 5.88 Å². The monoisotopic (exact) mass is 262 g/mol. The van der Waals surface area contributed by atoms with Crippen LogP contribution in [0.3, 0.4) is 0 Å². The average Bonchev–Trinajstić information content (AvgIpc) is 3.04. The summed E-state index contributed by atoms with van der Waals surface area (Å²) in [6.07, 6.45) is 5.32. The summed E-state index contributed by atoms with van der Waals surface area (Å²) in [5, 5.41) is 20.8. The number of aromatic hydroxyl groups is 1. The van der Waals surface area contributed by atoms with E-state index in [1.807, 2.05) is 36.4 Å². The number of hydrogen-bond donors (Lipinski definition) is 2. The lowest BCUT2D eigenvalue weighted by Gasteiger charge is -1.93. The van der Waals surface area contributed by atoms with Crippen LogP contribution in [-0.2, 0) is 0 Å². The van der Waals surface area contributed by atoms with Gasteiger partial charge in [0, 0.05) is 22.4 Å². The summed E-state index contributed by atoms with van der Waals surface area (Å²) in [7, 11) is 0. The Hall–Kier alpha value is -2.95. The van der Waals surface area contributed by atoms with Gasteiger partial charge >= 0.3 is 0 Å². The maximum atomic E-state index is 10.0. The first kappa shape index (κ1) is 10.9. The second kappa shape index (κ2) is 4.03. The predicted octanol–water partition coefficient (Wildman–Crippen LogP) is 1.93. The van der Waals surface area contributed by atoms with Crippen molar-refractivity contribution in [1.29, 1.82) is 0 Å². The third-order valence-corrected chi connectivity index (χ3v) is 3.32. The van der Waals surface area contributed by atoms with Crippen molar-refractivity contribution in [2.75, 3.05) is 0 Å². The molecule has 5 nitrogen and oxygen atoms in total. The molecular weight excluding hydrogens is 252 g/mol. The number of H-pyrrole nitrogens is 1. The Labute approximate surface area is 113 Å². The summed E-state index contributed by atoms with van der Waals surface area (Å²) >= 11 is 0. The molecular formula is C15H10N4O. The summed E-state index contributed by atoms with van der Waals surface area (Å²) in [4.78, 5) is 7.05. The molecule has 1 aliphatic rings. The molecule has 0 saturated carbocycles. The van der Waals surface area contributed by atoms with E-state index in [0.717, 1.165) is 27.1 Å². The summed E-state index contributed by atoms with van der Waals surface area (Å²) < 4.78 is 0. The highest BCUT2D eigenvalue weighted by Crippen LogP contribution is 2.26. The lowest BCUT2D eigenvalue weighted by Crippen LogP contribution is -2.06. The zero-order chi connectivity index (χ0) is 13.5. The number of azo groups is 1. The summed E-state index contributed by atoms with van der Waals surface area (Å²) in [6.45, 7) is 0. The second-order valence-electron chi connectivity index (χ2n) is 4.59. The Bertz CT molecular complexity index is 969. The molecule has 0 amide bonds. The maximum absolute atomic E-state index is 10.0. The van der Waals surface area contributed by atoms with Gasteiger partial charge < -0.3 is 10.1 Å². The minimum atomic E-state index is 0.118. The molecule has 0 radical (unpaired) electrons. The van der Waals surface area contributed by atoms with Crippen LogP contribution in [0.25, 0.3) is 23.3 Å². The van der Waals surface area contributed by atoms with Crippen LogP contribution in [-0.4, -0.2) is 15.1 Å². The molecule has 0 spiro atoms. The van der Waals surface area contributed by atoms with E-state index in [1.165, 1.54) is 0 Å². The minimum absolute atomic E-state index is 0.118. The van der Waals surface area contributed by atoms with Crippen LogP contribution in [0, 0.1) is 0 Å². The van der Waals surface area contributed by atoms with E-state index in [1.54, 1.807) is 12.4 Å². The first-order valence-electron chi connectivity index (χ1n) is 6.20. The van der Waals surface area contributed by atoms with Gasteiger partial charge in [-0.15, -0.1) is 0 Å². The van der Waals surface area contributed by atoms with Crippen molar-refractivity contribution in [3.63, 3.8) is 0 Å². The molecule has 0 saturated heterocycles. The van der Waals surface area contributed by atoms with E-state index in [9.17, 15) is 5.11 Å². The van der Waals surface area contributed by atoms with Gasteiger partial charge in [0.05, 0.1) is 11.9 Å². The number of nitrogens with one attached hydrogen (secondary N) is 1. The molecule has 5 heteroatoms. The van der Waals surface area contributed by atoms with Gasteiger partial charge in [0.25, 0.3) is 0 Å². The van der Waals surface area contributed by atoms with Crippen LogP contribution >= 0.6 is 0 Å². The average molecular weight is 262 g/mol. The molecule has 0 atom stereocenters. The van der Waals surface area contributed by atoms with E-state index < -0.39 is 0 Å². The number of pyridine rings is 1. The highest BCUT2D eigenvalue weighted by Gasteiger charge is 2.08. The number of rotatable bonds is 1. The van der Waals surface area contributed by atoms with Gasteiger partial charge in [-0.1, -0.05) is 12.1 Å². The largest absolute Gasteiger partial charge is 0.494 e. The lowest BCUT2D eigenvalue weighted by atomic mass is 10.1. The van der Waals surface area contributed by atoms with E-state index in [0.29, 0.717) is 5.65 Å². The predicted molar refractivity (Wildman–Crippen MR) is 76.0 cm³/mol.